The van der Waals surface area contributed by atoms with E-state index in [4.69, 9.17) is 47.6 Å². The normalized spacial score (nSPS) is 18.2. The molecule has 0 saturated carbocycles. The van der Waals surface area contributed by atoms with Gasteiger partial charge in [-0.3, -0.25) is 19.7 Å². The van der Waals surface area contributed by atoms with E-state index in [0.29, 0.717) is 76.1 Å². The Labute approximate surface area is 313 Å². The first kappa shape index (κ1) is 37.0. The van der Waals surface area contributed by atoms with Gasteiger partial charge in [-0.15, -0.1) is 0 Å². The molecular formula is C38H41Cl2N9O3. The maximum atomic E-state index is 11.5. The molecule has 2 aromatic heterocycles. The fourth-order valence-electron chi connectivity index (χ4n) is 6.51. The summed E-state index contributed by atoms with van der Waals surface area (Å²) in [6.45, 7) is 8.86. The summed E-state index contributed by atoms with van der Waals surface area (Å²) >= 11 is 14.2. The van der Waals surface area contributed by atoms with E-state index in [2.05, 4.69) is 37.2 Å². The topological polar surface area (TPSA) is 139 Å². The molecule has 12 nitrogen and oxygen atoms in total. The molecule has 2 fully saturated rings. The quantitative estimate of drug-likeness (QED) is 0.116. The van der Waals surface area contributed by atoms with Crippen LogP contribution in [0.2, 0.25) is 10.0 Å². The van der Waals surface area contributed by atoms with Gasteiger partial charge in [-0.2, -0.15) is 0 Å². The SMILES string of the molecule is C=N/C(CNC[C@@H]1CCC(=O)N1)=C(\N=C(C)c1cccc(-c2cccc(-c3cnc(CN4CCC(c5ncccn5)C4)c(OC)n3)c2Cl)c1Cl)OC. The van der Waals surface area contributed by atoms with Gasteiger partial charge in [0.15, 0.2) is 0 Å². The van der Waals surface area contributed by atoms with Crippen LogP contribution in [0.15, 0.2) is 82.6 Å². The number of carbonyl (C=O) groups is 1. The van der Waals surface area contributed by atoms with E-state index in [1.54, 1.807) is 25.7 Å². The van der Waals surface area contributed by atoms with Crippen LogP contribution >= 0.6 is 23.2 Å². The van der Waals surface area contributed by atoms with Crippen molar-refractivity contribution in [2.45, 2.75) is 44.7 Å². The van der Waals surface area contributed by atoms with E-state index < -0.39 is 0 Å². The van der Waals surface area contributed by atoms with Crippen LogP contribution in [-0.2, 0) is 16.1 Å². The van der Waals surface area contributed by atoms with Crippen LogP contribution in [0, 0.1) is 0 Å². The molecule has 52 heavy (non-hydrogen) atoms. The van der Waals surface area contributed by atoms with Crippen molar-refractivity contribution in [2.24, 2.45) is 9.98 Å². The molecule has 0 spiro atoms. The minimum atomic E-state index is 0.0692. The lowest BCUT2D eigenvalue weighted by atomic mass is 9.98. The highest BCUT2D eigenvalue weighted by atomic mass is 35.5. The molecule has 2 saturated heterocycles. The fraction of sp³-hybridized carbons (Fsp3) is 0.342. The summed E-state index contributed by atoms with van der Waals surface area (Å²) in [4.78, 5) is 41.2. The van der Waals surface area contributed by atoms with Gasteiger partial charge < -0.3 is 20.1 Å². The number of aromatic nitrogens is 4. The molecule has 1 amide bonds. The number of methoxy groups -OCH3 is 2. The number of hydrogen-bond donors (Lipinski definition) is 2. The smallest absolute Gasteiger partial charge is 0.237 e. The van der Waals surface area contributed by atoms with Gasteiger partial charge in [0, 0.05) is 79.2 Å². The molecule has 2 atom stereocenters. The van der Waals surface area contributed by atoms with Crippen molar-refractivity contribution in [3.05, 3.63) is 99.8 Å². The molecule has 2 N–H and O–H groups in total. The van der Waals surface area contributed by atoms with Crippen molar-refractivity contribution >= 4 is 41.5 Å². The number of nitrogens with one attached hydrogen (secondary N) is 2. The van der Waals surface area contributed by atoms with Crippen LogP contribution < -0.4 is 15.4 Å². The number of benzene rings is 2. The average Bonchev–Trinajstić information content (AvgIpc) is 3.82. The molecule has 2 aliphatic rings. The third-order valence-corrected chi connectivity index (χ3v) is 10.0. The Morgan fingerprint density at radius 2 is 1.79 bits per heavy atom. The van der Waals surface area contributed by atoms with Crippen molar-refractivity contribution in [1.29, 1.82) is 0 Å². The van der Waals surface area contributed by atoms with Crippen molar-refractivity contribution in [2.75, 3.05) is 40.4 Å². The third-order valence-electron chi connectivity index (χ3n) is 9.22. The number of halogens is 2. The number of carbonyl (C=O) groups excluding carboxylic acids is 1. The Bertz CT molecular complexity index is 1990. The van der Waals surface area contributed by atoms with Gasteiger partial charge in [0.2, 0.25) is 17.7 Å². The summed E-state index contributed by atoms with van der Waals surface area (Å²) in [5.74, 6) is 1.97. The highest BCUT2D eigenvalue weighted by Crippen LogP contribution is 2.40. The monoisotopic (exact) mass is 741 g/mol. The number of hydrogen-bond acceptors (Lipinski definition) is 11. The number of amides is 1. The van der Waals surface area contributed by atoms with Crippen LogP contribution in [0.25, 0.3) is 22.4 Å². The summed E-state index contributed by atoms with van der Waals surface area (Å²) < 4.78 is 11.3. The summed E-state index contributed by atoms with van der Waals surface area (Å²) in [7, 11) is 3.13. The molecule has 2 aromatic carbocycles. The molecule has 4 heterocycles. The highest BCUT2D eigenvalue weighted by molar-refractivity contribution is 6.39. The lowest BCUT2D eigenvalue weighted by molar-refractivity contribution is -0.119. The Kier molecular flexibility index (Phi) is 12.2. The van der Waals surface area contributed by atoms with Gasteiger partial charge in [0.05, 0.1) is 41.9 Å². The summed E-state index contributed by atoms with van der Waals surface area (Å²) in [6.07, 6.45) is 7.62. The van der Waals surface area contributed by atoms with E-state index in [1.165, 1.54) is 7.11 Å². The second kappa shape index (κ2) is 17.2. The molecule has 14 heteroatoms. The minimum Gasteiger partial charge on any atom is -0.480 e. The molecule has 0 radical (unpaired) electrons. The van der Waals surface area contributed by atoms with E-state index in [-0.39, 0.29) is 17.9 Å². The first-order chi connectivity index (χ1) is 25.3. The molecule has 1 unspecified atom stereocenters. The molecule has 0 aliphatic carbocycles. The molecule has 6 rings (SSSR count). The van der Waals surface area contributed by atoms with Gasteiger partial charge in [-0.25, -0.2) is 19.9 Å². The number of ether oxygens (including phenoxy) is 2. The largest absolute Gasteiger partial charge is 0.480 e. The lowest BCUT2D eigenvalue weighted by Gasteiger charge is -2.17. The Morgan fingerprint density at radius 3 is 2.50 bits per heavy atom. The van der Waals surface area contributed by atoms with Gasteiger partial charge in [0.1, 0.15) is 17.2 Å². The first-order valence-corrected chi connectivity index (χ1v) is 17.8. The van der Waals surface area contributed by atoms with Crippen molar-refractivity contribution < 1.29 is 14.3 Å². The Morgan fingerprint density at radius 1 is 1.04 bits per heavy atom. The zero-order valence-electron chi connectivity index (χ0n) is 29.4. The van der Waals surface area contributed by atoms with E-state index >= 15 is 0 Å². The number of likely N-dealkylation sites (tertiary alicyclic amines) is 1. The standard InChI is InChI=1S/C38H41Cl2N9O3/c1-23(46-37(51-3)31(41-2)19-42-18-25-12-13-33(50)47-25)26-8-5-9-27(34(26)39)28-10-6-11-29(35(28)40)30-20-45-32(38(48-30)52-4)22-49-17-14-24(21-49)36-43-15-7-16-44-36/h5-11,15-16,20,24-25,42H,2,12-14,17-19,21-22H2,1,3-4H3,(H,47,50)/b37-31+,46-23?/t24?,25-/m0/s1. The maximum absolute atomic E-state index is 11.5. The van der Waals surface area contributed by atoms with E-state index in [9.17, 15) is 4.79 Å². The number of rotatable bonds is 14. The molecule has 0 bridgehead atoms. The minimum absolute atomic E-state index is 0.0692. The molecule has 2 aliphatic heterocycles. The second-order valence-electron chi connectivity index (χ2n) is 12.6. The lowest BCUT2D eigenvalue weighted by Crippen LogP contribution is -2.36. The fourth-order valence-corrected chi connectivity index (χ4v) is 7.20. The first-order valence-electron chi connectivity index (χ1n) is 17.1. The Hall–Kier alpha value is -4.75. The molecular weight excluding hydrogens is 701 g/mol. The molecule has 270 valence electrons. The van der Waals surface area contributed by atoms with E-state index in [0.717, 1.165) is 48.6 Å². The zero-order chi connectivity index (χ0) is 36.6. The van der Waals surface area contributed by atoms with Crippen LogP contribution in [0.1, 0.15) is 49.2 Å². The van der Waals surface area contributed by atoms with Gasteiger partial charge in [-0.05, 0) is 39.1 Å². The maximum Gasteiger partial charge on any atom is 0.237 e. The van der Waals surface area contributed by atoms with Crippen LogP contribution in [0.4, 0.5) is 0 Å². The average molecular weight is 743 g/mol. The van der Waals surface area contributed by atoms with Crippen LogP contribution in [0.3, 0.4) is 0 Å². The van der Waals surface area contributed by atoms with Crippen LogP contribution in [-0.4, -0.2) is 89.6 Å². The molecule has 4 aromatic rings. The highest BCUT2D eigenvalue weighted by Gasteiger charge is 2.27. The summed E-state index contributed by atoms with van der Waals surface area (Å²) in [5.41, 5.74) is 5.34. The zero-order valence-corrected chi connectivity index (χ0v) is 30.9. The summed E-state index contributed by atoms with van der Waals surface area (Å²) in [6, 6.07) is 13.4. The number of aliphatic imine (C=N–C) groups is 2. The van der Waals surface area contributed by atoms with Crippen molar-refractivity contribution in [3.8, 4) is 28.3 Å². The predicted molar refractivity (Wildman–Crippen MR) is 204 cm³/mol. The van der Waals surface area contributed by atoms with Crippen LogP contribution in [0.5, 0.6) is 5.88 Å². The third kappa shape index (κ3) is 8.47. The van der Waals surface area contributed by atoms with Crippen molar-refractivity contribution in [1.82, 2.24) is 35.5 Å². The van der Waals surface area contributed by atoms with Crippen molar-refractivity contribution in [3.63, 3.8) is 0 Å². The number of nitrogens with zero attached hydrogens (tertiary/aromatic N) is 7. The second-order valence-corrected chi connectivity index (χ2v) is 13.4. The van der Waals surface area contributed by atoms with Gasteiger partial charge in [0.25, 0.3) is 0 Å². The Balaban J connectivity index is 1.21. The van der Waals surface area contributed by atoms with E-state index in [1.807, 2.05) is 49.4 Å². The predicted octanol–water partition coefficient (Wildman–Crippen LogP) is 6.10. The van der Waals surface area contributed by atoms with Gasteiger partial charge >= 0.3 is 0 Å². The van der Waals surface area contributed by atoms with Gasteiger partial charge in [-0.1, -0.05) is 59.6 Å². The summed E-state index contributed by atoms with van der Waals surface area (Å²) in [5, 5.41) is 7.21.